The van der Waals surface area contributed by atoms with Crippen LogP contribution < -0.4 is 9.62 Å². The van der Waals surface area contributed by atoms with Crippen LogP contribution in [0.2, 0.25) is 0 Å². The van der Waals surface area contributed by atoms with Crippen molar-refractivity contribution in [3.8, 4) is 0 Å². The van der Waals surface area contributed by atoms with Gasteiger partial charge in [-0.2, -0.15) is 0 Å². The van der Waals surface area contributed by atoms with Gasteiger partial charge in [0.2, 0.25) is 15.9 Å². The molecule has 8 heteroatoms. The summed E-state index contributed by atoms with van der Waals surface area (Å²) in [5, 5.41) is 0. The molecular weight excluding hydrogens is 316 g/mol. The Morgan fingerprint density at radius 1 is 1.48 bits per heavy atom. The predicted octanol–water partition coefficient (Wildman–Crippen LogP) is 0.366. The van der Waals surface area contributed by atoms with Crippen LogP contribution in [0.4, 0.5) is 5.82 Å². The Labute approximate surface area is 137 Å². The summed E-state index contributed by atoms with van der Waals surface area (Å²) in [5.74, 6) is 0.698. The van der Waals surface area contributed by atoms with Gasteiger partial charge < -0.3 is 9.80 Å². The smallest absolute Gasteiger partial charge is 0.237 e. The van der Waals surface area contributed by atoms with E-state index in [0.717, 1.165) is 37.2 Å². The summed E-state index contributed by atoms with van der Waals surface area (Å²) >= 11 is 0. The molecule has 0 aliphatic carbocycles. The highest BCUT2D eigenvalue weighted by Gasteiger charge is 2.27. The third-order valence-corrected chi connectivity index (χ3v) is 4.69. The lowest BCUT2D eigenvalue weighted by Crippen LogP contribution is -2.51. The Bertz CT molecular complexity index is 662. The molecule has 0 spiro atoms. The number of hydrogen-bond acceptors (Lipinski definition) is 5. The van der Waals surface area contributed by atoms with Crippen molar-refractivity contribution >= 4 is 21.7 Å². The standard InChI is InChI=1S/C15H24N4O3S/c1-12-6-4-8-14(17-12)19-9-5-7-13(11-19)18(2)15(20)10-16-23(3,21)22/h4,6,8,13,16H,5,7,9-11H2,1-3H3. The highest BCUT2D eigenvalue weighted by Crippen LogP contribution is 2.20. The molecule has 2 rings (SSSR count). The number of anilines is 1. The molecule has 128 valence electrons. The van der Waals surface area contributed by atoms with Crippen LogP contribution in [0.25, 0.3) is 0 Å². The summed E-state index contributed by atoms with van der Waals surface area (Å²) in [7, 11) is -1.63. The summed E-state index contributed by atoms with van der Waals surface area (Å²) in [6.07, 6.45) is 2.92. The Hall–Kier alpha value is -1.67. The van der Waals surface area contributed by atoms with E-state index in [2.05, 4.69) is 14.6 Å². The molecule has 1 aliphatic heterocycles. The Balaban J connectivity index is 1.98. The number of likely N-dealkylation sites (N-methyl/N-ethyl adjacent to an activating group) is 1. The maximum atomic E-state index is 12.2. The second-order valence-electron chi connectivity index (χ2n) is 5.98. The third-order valence-electron chi connectivity index (χ3n) is 4.02. The van der Waals surface area contributed by atoms with Crippen LogP contribution in [0, 0.1) is 6.92 Å². The van der Waals surface area contributed by atoms with Gasteiger partial charge in [0.05, 0.1) is 12.8 Å². The highest BCUT2D eigenvalue weighted by molar-refractivity contribution is 7.88. The molecule has 1 aliphatic rings. The zero-order valence-electron chi connectivity index (χ0n) is 13.8. The fourth-order valence-electron chi connectivity index (χ4n) is 2.70. The number of pyridine rings is 1. The first-order valence-electron chi connectivity index (χ1n) is 7.65. The number of rotatable bonds is 5. The molecule has 1 unspecified atom stereocenters. The molecule has 0 saturated carbocycles. The zero-order chi connectivity index (χ0) is 17.0. The van der Waals surface area contributed by atoms with Gasteiger partial charge in [0.1, 0.15) is 5.82 Å². The van der Waals surface area contributed by atoms with Crippen LogP contribution in [0.1, 0.15) is 18.5 Å². The molecule has 7 nitrogen and oxygen atoms in total. The van der Waals surface area contributed by atoms with Crippen molar-refractivity contribution in [2.45, 2.75) is 25.8 Å². The van der Waals surface area contributed by atoms with E-state index in [0.29, 0.717) is 6.54 Å². The van der Waals surface area contributed by atoms with E-state index in [1.165, 1.54) is 0 Å². The summed E-state index contributed by atoms with van der Waals surface area (Å²) in [5.41, 5.74) is 0.964. The molecular formula is C15H24N4O3S. The monoisotopic (exact) mass is 340 g/mol. The minimum absolute atomic E-state index is 0.0555. The first-order chi connectivity index (χ1) is 10.8. The van der Waals surface area contributed by atoms with Gasteiger partial charge in [0, 0.05) is 31.9 Å². The number of carbonyl (C=O) groups excluding carboxylic acids is 1. The number of nitrogens with one attached hydrogen (secondary N) is 1. The number of nitrogens with zero attached hydrogens (tertiary/aromatic N) is 3. The van der Waals surface area contributed by atoms with Crippen LogP contribution in [0.3, 0.4) is 0 Å². The van der Waals surface area contributed by atoms with Gasteiger partial charge in [-0.1, -0.05) is 6.07 Å². The fraction of sp³-hybridized carbons (Fsp3) is 0.600. The normalized spacial score (nSPS) is 18.7. The van der Waals surface area contributed by atoms with E-state index < -0.39 is 10.0 Å². The first-order valence-corrected chi connectivity index (χ1v) is 9.54. The SMILES string of the molecule is Cc1cccc(N2CCCC(N(C)C(=O)CNS(C)(=O)=O)C2)n1. The van der Waals surface area contributed by atoms with Crippen molar-refractivity contribution in [2.24, 2.45) is 0 Å². The molecule has 0 bridgehead atoms. The number of sulfonamides is 1. The molecule has 1 atom stereocenters. The van der Waals surface area contributed by atoms with E-state index in [1.54, 1.807) is 11.9 Å². The molecule has 1 saturated heterocycles. The van der Waals surface area contributed by atoms with Gasteiger partial charge in [-0.25, -0.2) is 18.1 Å². The van der Waals surface area contributed by atoms with Crippen molar-refractivity contribution in [3.05, 3.63) is 23.9 Å². The molecule has 1 fully saturated rings. The number of aromatic nitrogens is 1. The maximum absolute atomic E-state index is 12.2. The molecule has 23 heavy (non-hydrogen) atoms. The van der Waals surface area contributed by atoms with Crippen molar-refractivity contribution in [1.82, 2.24) is 14.6 Å². The van der Waals surface area contributed by atoms with Gasteiger partial charge in [0.25, 0.3) is 0 Å². The minimum atomic E-state index is -3.36. The molecule has 1 aromatic heterocycles. The molecule has 1 aromatic rings. The number of piperidine rings is 1. The summed E-state index contributed by atoms with van der Waals surface area (Å²) in [4.78, 5) is 20.5. The Kier molecular flexibility index (Phi) is 5.59. The molecule has 0 aromatic carbocycles. The van der Waals surface area contributed by atoms with E-state index >= 15 is 0 Å². The van der Waals surface area contributed by atoms with Gasteiger partial charge in [-0.3, -0.25) is 4.79 Å². The van der Waals surface area contributed by atoms with Crippen LogP contribution in [-0.2, 0) is 14.8 Å². The van der Waals surface area contributed by atoms with Crippen LogP contribution in [0.15, 0.2) is 18.2 Å². The quantitative estimate of drug-likeness (QED) is 0.837. The summed E-state index contributed by atoms with van der Waals surface area (Å²) in [6.45, 7) is 3.38. The Morgan fingerprint density at radius 2 is 2.22 bits per heavy atom. The predicted molar refractivity (Wildman–Crippen MR) is 89.8 cm³/mol. The van der Waals surface area contributed by atoms with Crippen LogP contribution in [0.5, 0.6) is 0 Å². The molecule has 1 amide bonds. The van der Waals surface area contributed by atoms with Crippen LogP contribution in [-0.4, -0.2) is 63.2 Å². The maximum Gasteiger partial charge on any atom is 0.237 e. The highest BCUT2D eigenvalue weighted by atomic mass is 32.2. The fourth-order valence-corrected chi connectivity index (χ4v) is 3.09. The first kappa shape index (κ1) is 17.7. The summed E-state index contributed by atoms with van der Waals surface area (Å²) < 4.78 is 24.5. The third kappa shape index (κ3) is 5.18. The van der Waals surface area contributed by atoms with Crippen LogP contribution >= 0.6 is 0 Å². The average Bonchev–Trinajstić information content (AvgIpc) is 2.51. The van der Waals surface area contributed by atoms with Crippen molar-refractivity contribution in [3.63, 3.8) is 0 Å². The largest absolute Gasteiger partial charge is 0.355 e. The lowest BCUT2D eigenvalue weighted by Gasteiger charge is -2.38. The molecule has 1 N–H and O–H groups in total. The average molecular weight is 340 g/mol. The Morgan fingerprint density at radius 3 is 2.87 bits per heavy atom. The van der Waals surface area contributed by atoms with Crippen molar-refractivity contribution in [1.29, 1.82) is 0 Å². The molecule has 0 radical (unpaired) electrons. The zero-order valence-corrected chi connectivity index (χ0v) is 14.6. The number of aryl methyl sites for hydroxylation is 1. The minimum Gasteiger partial charge on any atom is -0.355 e. The van der Waals surface area contributed by atoms with Gasteiger partial charge >= 0.3 is 0 Å². The lowest BCUT2D eigenvalue weighted by molar-refractivity contribution is -0.130. The number of carbonyl (C=O) groups is 1. The second kappa shape index (κ2) is 7.27. The topological polar surface area (TPSA) is 82.6 Å². The second-order valence-corrected chi connectivity index (χ2v) is 7.81. The lowest BCUT2D eigenvalue weighted by atomic mass is 10.0. The van der Waals surface area contributed by atoms with E-state index in [-0.39, 0.29) is 18.5 Å². The van der Waals surface area contributed by atoms with E-state index in [9.17, 15) is 13.2 Å². The van der Waals surface area contributed by atoms with E-state index in [1.807, 2.05) is 25.1 Å². The number of hydrogen-bond donors (Lipinski definition) is 1. The van der Waals surface area contributed by atoms with Gasteiger partial charge in [-0.15, -0.1) is 0 Å². The molecule has 2 heterocycles. The summed E-state index contributed by atoms with van der Waals surface area (Å²) in [6, 6.07) is 5.96. The van der Waals surface area contributed by atoms with Gasteiger partial charge in [-0.05, 0) is 31.9 Å². The van der Waals surface area contributed by atoms with Crippen molar-refractivity contribution < 1.29 is 13.2 Å². The van der Waals surface area contributed by atoms with Crippen molar-refractivity contribution in [2.75, 3.05) is 37.8 Å². The van der Waals surface area contributed by atoms with E-state index in [4.69, 9.17) is 0 Å². The number of amides is 1. The van der Waals surface area contributed by atoms with Gasteiger partial charge in [0.15, 0.2) is 0 Å².